The number of carboxylic acid groups (broad SMARTS) is 1. The van der Waals surface area contributed by atoms with Gasteiger partial charge in [0.05, 0.1) is 17.6 Å². The second-order valence-electron chi connectivity index (χ2n) is 12.0. The molecule has 3 aromatic rings. The Morgan fingerprint density at radius 2 is 1.76 bits per heavy atom. The van der Waals surface area contributed by atoms with E-state index in [1.807, 2.05) is 50.4 Å². The Labute approximate surface area is 242 Å². The van der Waals surface area contributed by atoms with Gasteiger partial charge in [-0.1, -0.05) is 0 Å². The number of carboxylic acids is 1. The zero-order valence-corrected chi connectivity index (χ0v) is 24.5. The molecule has 0 aliphatic carbocycles. The van der Waals surface area contributed by atoms with Gasteiger partial charge in [-0.05, 0) is 70.4 Å². The minimum absolute atomic E-state index is 0.168. The fourth-order valence-electron chi connectivity index (χ4n) is 6.10. The van der Waals surface area contributed by atoms with Gasteiger partial charge in [0.15, 0.2) is 0 Å². The van der Waals surface area contributed by atoms with Crippen LogP contribution in [0.5, 0.6) is 0 Å². The highest BCUT2D eigenvalue weighted by Crippen LogP contribution is 2.39. The highest BCUT2D eigenvalue weighted by atomic mass is 19.4. The van der Waals surface area contributed by atoms with E-state index in [1.165, 1.54) is 9.80 Å². The smallest absolute Gasteiger partial charge is 0.416 e. The molecule has 1 N–H and O–H groups in total. The fourth-order valence-corrected chi connectivity index (χ4v) is 6.10. The molecule has 1 atom stereocenters. The number of amides is 1. The maximum Gasteiger partial charge on any atom is 0.416 e. The Morgan fingerprint density at radius 1 is 1.07 bits per heavy atom. The molecule has 226 valence electrons. The summed E-state index contributed by atoms with van der Waals surface area (Å²) < 4.78 is 46.3. The maximum atomic E-state index is 12.9. The van der Waals surface area contributed by atoms with Crippen molar-refractivity contribution in [2.75, 3.05) is 44.2 Å². The zero-order chi connectivity index (χ0) is 30.6. The molecule has 1 saturated heterocycles. The summed E-state index contributed by atoms with van der Waals surface area (Å²) in [6.07, 6.45) is -0.606. The van der Waals surface area contributed by atoms with Crippen molar-refractivity contribution in [1.82, 2.24) is 19.2 Å². The summed E-state index contributed by atoms with van der Waals surface area (Å²) in [5.74, 6) is -0.529. The van der Waals surface area contributed by atoms with Crippen LogP contribution in [0.25, 0.3) is 16.6 Å². The molecule has 0 bridgehead atoms. The molecule has 2 aliphatic heterocycles. The number of aromatic carboxylic acids is 1. The van der Waals surface area contributed by atoms with Crippen molar-refractivity contribution in [2.45, 2.75) is 58.9 Å². The van der Waals surface area contributed by atoms with E-state index in [2.05, 4.69) is 9.88 Å². The third-order valence-corrected chi connectivity index (χ3v) is 8.02. The zero-order valence-electron chi connectivity index (χ0n) is 24.5. The number of ether oxygens (including phenoxy) is 1. The minimum Gasteiger partial charge on any atom is -0.478 e. The average Bonchev–Trinajstić information content (AvgIpc) is 3.51. The molecule has 5 rings (SSSR count). The first kappa shape index (κ1) is 29.8. The Kier molecular flexibility index (Phi) is 7.73. The Hall–Kier alpha value is -3.64. The predicted octanol–water partition coefficient (Wildman–Crippen LogP) is 5.55. The Bertz CT molecular complexity index is 1520. The van der Waals surface area contributed by atoms with Crippen molar-refractivity contribution in [3.63, 3.8) is 0 Å². The predicted molar refractivity (Wildman–Crippen MR) is 152 cm³/mol. The minimum atomic E-state index is -4.25. The lowest BCUT2D eigenvalue weighted by atomic mass is 9.97. The summed E-state index contributed by atoms with van der Waals surface area (Å²) in [7, 11) is 0. The topological polar surface area (TPSA) is 90.6 Å². The van der Waals surface area contributed by atoms with Crippen molar-refractivity contribution in [3.8, 4) is 11.1 Å². The molecule has 1 unspecified atom stereocenters. The van der Waals surface area contributed by atoms with Gasteiger partial charge in [0.1, 0.15) is 11.4 Å². The van der Waals surface area contributed by atoms with Gasteiger partial charge in [0, 0.05) is 68.0 Å². The summed E-state index contributed by atoms with van der Waals surface area (Å²) in [6, 6.07) is 5.23. The third-order valence-electron chi connectivity index (χ3n) is 8.02. The number of halogens is 3. The molecule has 0 spiro atoms. The van der Waals surface area contributed by atoms with Crippen molar-refractivity contribution in [3.05, 3.63) is 53.0 Å². The second-order valence-corrected chi connectivity index (χ2v) is 12.0. The molecule has 9 nitrogen and oxygen atoms in total. The van der Waals surface area contributed by atoms with Crippen LogP contribution in [-0.2, 0) is 11.2 Å². The van der Waals surface area contributed by atoms with E-state index in [0.717, 1.165) is 22.4 Å². The van der Waals surface area contributed by atoms with E-state index in [4.69, 9.17) is 4.74 Å². The van der Waals surface area contributed by atoms with Crippen LogP contribution in [-0.4, -0.2) is 87.4 Å². The van der Waals surface area contributed by atoms with Crippen LogP contribution in [0.4, 0.5) is 23.8 Å². The van der Waals surface area contributed by atoms with Crippen LogP contribution in [0.1, 0.15) is 60.9 Å². The van der Waals surface area contributed by atoms with Gasteiger partial charge in [0.25, 0.3) is 0 Å². The number of carbonyl (C=O) groups is 2. The lowest BCUT2D eigenvalue weighted by Gasteiger charge is -2.39. The van der Waals surface area contributed by atoms with Crippen molar-refractivity contribution in [1.29, 1.82) is 0 Å². The number of fused-ring (bicyclic) bond motifs is 2. The number of nitrogens with zero attached hydrogens (tertiary/aromatic N) is 5. The fraction of sp³-hybridized carbons (Fsp3) is 0.500. The number of pyridine rings is 2. The van der Waals surface area contributed by atoms with Crippen molar-refractivity contribution < 1.29 is 32.6 Å². The van der Waals surface area contributed by atoms with Gasteiger partial charge in [-0.25, -0.2) is 14.6 Å². The van der Waals surface area contributed by atoms with Gasteiger partial charge in [-0.3, -0.25) is 14.7 Å². The van der Waals surface area contributed by atoms with Gasteiger partial charge < -0.3 is 14.2 Å². The van der Waals surface area contributed by atoms with Crippen LogP contribution in [0, 0.1) is 6.92 Å². The van der Waals surface area contributed by atoms with Crippen LogP contribution < -0.4 is 4.90 Å². The molecule has 5 heterocycles. The molecular formula is C30H36F3N5O4. The van der Waals surface area contributed by atoms with Gasteiger partial charge in [0.2, 0.25) is 0 Å². The number of hydrogen-bond donors (Lipinski definition) is 1. The molecule has 0 aromatic carbocycles. The van der Waals surface area contributed by atoms with Gasteiger partial charge in [-0.15, -0.1) is 0 Å². The monoisotopic (exact) mass is 587 g/mol. The van der Waals surface area contributed by atoms with Gasteiger partial charge in [-0.2, -0.15) is 13.2 Å². The van der Waals surface area contributed by atoms with E-state index >= 15 is 0 Å². The average molecular weight is 588 g/mol. The first-order valence-corrected chi connectivity index (χ1v) is 14.0. The quantitative estimate of drug-likeness (QED) is 0.419. The highest BCUT2D eigenvalue weighted by Gasteiger charge is 2.35. The molecule has 12 heteroatoms. The van der Waals surface area contributed by atoms with Crippen molar-refractivity contribution in [2.24, 2.45) is 0 Å². The molecule has 0 radical (unpaired) electrons. The molecular weight excluding hydrogens is 551 g/mol. The van der Waals surface area contributed by atoms with Crippen LogP contribution in [0.15, 0.2) is 30.6 Å². The number of piperazine rings is 1. The first-order valence-electron chi connectivity index (χ1n) is 14.0. The lowest BCUT2D eigenvalue weighted by Crippen LogP contribution is -2.49. The molecule has 0 saturated carbocycles. The van der Waals surface area contributed by atoms with Crippen LogP contribution in [0.3, 0.4) is 0 Å². The maximum absolute atomic E-state index is 12.9. The number of alkyl halides is 3. The summed E-state index contributed by atoms with van der Waals surface area (Å²) in [4.78, 5) is 34.8. The van der Waals surface area contributed by atoms with E-state index in [-0.39, 0.29) is 24.7 Å². The summed E-state index contributed by atoms with van der Waals surface area (Å²) >= 11 is 0. The highest BCUT2D eigenvalue weighted by molar-refractivity contribution is 5.96. The van der Waals surface area contributed by atoms with Crippen LogP contribution in [0.2, 0.25) is 0 Å². The third kappa shape index (κ3) is 5.82. The number of aromatic nitrogens is 2. The molecule has 1 fully saturated rings. The molecule has 42 heavy (non-hydrogen) atoms. The number of hydrogen-bond acceptors (Lipinski definition) is 6. The van der Waals surface area contributed by atoms with Crippen molar-refractivity contribution >= 4 is 23.4 Å². The first-order chi connectivity index (χ1) is 19.6. The van der Waals surface area contributed by atoms with E-state index in [9.17, 15) is 27.9 Å². The number of rotatable bonds is 5. The molecule has 2 aliphatic rings. The summed E-state index contributed by atoms with van der Waals surface area (Å²) in [5.41, 5.74) is 4.14. The Balaban J connectivity index is 1.53. The molecule has 1 amide bonds. The van der Waals surface area contributed by atoms with E-state index in [0.29, 0.717) is 43.0 Å². The lowest BCUT2D eigenvalue weighted by molar-refractivity contribution is -0.149. The van der Waals surface area contributed by atoms with Crippen LogP contribution >= 0.6 is 0 Å². The summed E-state index contributed by atoms with van der Waals surface area (Å²) in [6.45, 7) is 10.1. The summed E-state index contributed by atoms with van der Waals surface area (Å²) in [5, 5.41) is 10.1. The van der Waals surface area contributed by atoms with E-state index in [1.54, 1.807) is 19.2 Å². The normalized spacial score (nSPS) is 17.5. The molecule has 3 aromatic heterocycles. The standard InChI is InChI=1S/C30H36F3N5O4/c1-18-23(27(39)40)16-24-21(20-6-9-34-26-22(20)8-11-38(26)28(41)42-29(3,4)5)7-10-37(24)25(18)19(2)36-14-12-35(13-15-36)17-30(31,32)33/h6-7,9-10,16,19H,8,11-15,17H2,1-5H3,(H,39,40). The number of carbonyl (C=O) groups excluding carboxylic acids is 1. The Morgan fingerprint density at radius 3 is 2.38 bits per heavy atom. The second kappa shape index (κ2) is 10.9. The largest absolute Gasteiger partial charge is 0.478 e. The SMILES string of the molecule is Cc1c(C(=O)O)cc2c(-c3ccnc4c3CCN4C(=O)OC(C)(C)C)ccn2c1C(C)N1CCN(CC(F)(F)F)CC1. The number of anilines is 1. The van der Waals surface area contributed by atoms with Gasteiger partial charge >= 0.3 is 18.2 Å². The van der Waals surface area contributed by atoms with E-state index < -0.39 is 30.4 Å².